The van der Waals surface area contributed by atoms with Crippen LogP contribution in [0.5, 0.6) is 0 Å². The lowest BCUT2D eigenvalue weighted by atomic mass is 10.2. The molecule has 0 bridgehead atoms. The molecule has 100 valence electrons. The van der Waals surface area contributed by atoms with Gasteiger partial charge in [-0.1, -0.05) is 6.92 Å². The molecule has 0 saturated carbocycles. The van der Waals surface area contributed by atoms with Gasteiger partial charge >= 0.3 is 5.97 Å². The van der Waals surface area contributed by atoms with Crippen LogP contribution in [-0.4, -0.2) is 18.0 Å². The second kappa shape index (κ2) is 7.17. The summed E-state index contributed by atoms with van der Waals surface area (Å²) in [5, 5.41) is 11.2. The predicted molar refractivity (Wildman–Crippen MR) is 70.5 cm³/mol. The maximum atomic E-state index is 11.8. The molecule has 0 radical (unpaired) electrons. The Morgan fingerprint density at radius 1 is 1.37 bits per heavy atom. The van der Waals surface area contributed by atoms with Crippen LogP contribution in [0.25, 0.3) is 0 Å². The highest BCUT2D eigenvalue weighted by Gasteiger charge is 2.14. The summed E-state index contributed by atoms with van der Waals surface area (Å²) in [6, 6.07) is 8.39. The third-order valence-electron chi connectivity index (χ3n) is 2.49. The zero-order valence-corrected chi connectivity index (χ0v) is 11.0. The number of hydrogen-bond donors (Lipinski definition) is 1. The van der Waals surface area contributed by atoms with Gasteiger partial charge in [-0.25, -0.2) is 4.79 Å². The molecule has 1 aromatic rings. The number of hydrogen-bond acceptors (Lipinski definition) is 4. The van der Waals surface area contributed by atoms with Gasteiger partial charge in [0.1, 0.15) is 6.10 Å². The SMILES string of the molecule is CCC(CC#N)OC(=O)c1ccc(NC(C)=O)cc1. The van der Waals surface area contributed by atoms with Gasteiger partial charge in [-0.05, 0) is 30.7 Å². The number of nitrogens with one attached hydrogen (secondary N) is 1. The molecule has 0 spiro atoms. The van der Waals surface area contributed by atoms with E-state index in [2.05, 4.69) is 5.32 Å². The van der Waals surface area contributed by atoms with Gasteiger partial charge in [0.05, 0.1) is 18.1 Å². The smallest absolute Gasteiger partial charge is 0.338 e. The van der Waals surface area contributed by atoms with Crippen LogP contribution < -0.4 is 5.32 Å². The Morgan fingerprint density at radius 2 is 2.00 bits per heavy atom. The molecule has 0 aromatic heterocycles. The molecule has 0 saturated heterocycles. The largest absolute Gasteiger partial charge is 0.458 e. The van der Waals surface area contributed by atoms with Gasteiger partial charge in [-0.2, -0.15) is 5.26 Å². The minimum absolute atomic E-state index is 0.171. The highest BCUT2D eigenvalue weighted by Crippen LogP contribution is 2.13. The van der Waals surface area contributed by atoms with Crippen molar-refractivity contribution < 1.29 is 14.3 Å². The van der Waals surface area contributed by atoms with Crippen molar-refractivity contribution >= 4 is 17.6 Å². The van der Waals surface area contributed by atoms with E-state index >= 15 is 0 Å². The summed E-state index contributed by atoms with van der Waals surface area (Å²) in [6.45, 7) is 3.27. The average molecular weight is 260 g/mol. The van der Waals surface area contributed by atoms with Crippen molar-refractivity contribution in [1.82, 2.24) is 0 Å². The number of amides is 1. The molecule has 0 heterocycles. The summed E-state index contributed by atoms with van der Waals surface area (Å²) in [5.41, 5.74) is 1.01. The molecule has 0 aliphatic carbocycles. The molecule has 0 fully saturated rings. The minimum atomic E-state index is -0.462. The van der Waals surface area contributed by atoms with E-state index in [-0.39, 0.29) is 18.4 Å². The average Bonchev–Trinajstić information content (AvgIpc) is 2.38. The Kier molecular flexibility index (Phi) is 5.55. The van der Waals surface area contributed by atoms with Crippen molar-refractivity contribution in [2.45, 2.75) is 32.8 Å². The molecule has 1 amide bonds. The zero-order chi connectivity index (χ0) is 14.3. The van der Waals surface area contributed by atoms with E-state index in [1.807, 2.05) is 13.0 Å². The van der Waals surface area contributed by atoms with E-state index < -0.39 is 5.97 Å². The summed E-state index contributed by atoms with van der Waals surface area (Å²) < 4.78 is 5.20. The van der Waals surface area contributed by atoms with E-state index in [4.69, 9.17) is 10.00 Å². The van der Waals surface area contributed by atoms with Gasteiger partial charge in [0, 0.05) is 12.6 Å². The third-order valence-corrected chi connectivity index (χ3v) is 2.49. The standard InChI is InChI=1S/C14H16N2O3/c1-3-13(8-9-15)19-14(18)11-4-6-12(7-5-11)16-10(2)17/h4-7,13H,3,8H2,1-2H3,(H,16,17). The summed E-state index contributed by atoms with van der Waals surface area (Å²) in [6.07, 6.45) is 0.405. The van der Waals surface area contributed by atoms with Crippen LogP contribution in [0.4, 0.5) is 5.69 Å². The van der Waals surface area contributed by atoms with E-state index in [0.29, 0.717) is 17.7 Å². The number of ether oxygens (including phenoxy) is 1. The summed E-state index contributed by atoms with van der Waals surface area (Å²) >= 11 is 0. The number of benzene rings is 1. The predicted octanol–water partition coefficient (Wildman–Crippen LogP) is 2.49. The number of esters is 1. The molecule has 1 aromatic carbocycles. The second-order valence-electron chi connectivity index (χ2n) is 4.06. The fourth-order valence-electron chi connectivity index (χ4n) is 1.48. The van der Waals surface area contributed by atoms with E-state index in [9.17, 15) is 9.59 Å². The van der Waals surface area contributed by atoms with Crippen LogP contribution >= 0.6 is 0 Å². The van der Waals surface area contributed by atoms with Gasteiger partial charge in [0.25, 0.3) is 0 Å². The molecule has 5 heteroatoms. The molecule has 5 nitrogen and oxygen atoms in total. The van der Waals surface area contributed by atoms with Crippen molar-refractivity contribution in [2.24, 2.45) is 0 Å². The zero-order valence-electron chi connectivity index (χ0n) is 11.0. The number of nitrogens with zero attached hydrogens (tertiary/aromatic N) is 1. The number of nitriles is 1. The fraction of sp³-hybridized carbons (Fsp3) is 0.357. The Hall–Kier alpha value is -2.35. The normalized spacial score (nSPS) is 11.2. The first-order valence-corrected chi connectivity index (χ1v) is 6.02. The maximum absolute atomic E-state index is 11.8. The molecule has 1 rings (SSSR count). The van der Waals surface area contributed by atoms with Crippen LogP contribution in [-0.2, 0) is 9.53 Å². The Morgan fingerprint density at radius 3 is 2.47 bits per heavy atom. The van der Waals surface area contributed by atoms with E-state index in [0.717, 1.165) is 0 Å². The maximum Gasteiger partial charge on any atom is 0.338 e. The van der Waals surface area contributed by atoms with Crippen LogP contribution in [0.15, 0.2) is 24.3 Å². The number of anilines is 1. The molecule has 0 aliphatic heterocycles. The highest BCUT2D eigenvalue weighted by molar-refractivity contribution is 5.92. The number of carbonyl (C=O) groups is 2. The molecule has 0 aliphatic rings. The molecule has 1 atom stereocenters. The van der Waals surface area contributed by atoms with Crippen molar-refractivity contribution in [3.05, 3.63) is 29.8 Å². The molecule has 1 N–H and O–H groups in total. The van der Waals surface area contributed by atoms with Crippen LogP contribution in [0.3, 0.4) is 0 Å². The fourth-order valence-corrected chi connectivity index (χ4v) is 1.48. The first-order valence-electron chi connectivity index (χ1n) is 6.02. The monoisotopic (exact) mass is 260 g/mol. The summed E-state index contributed by atoms with van der Waals surface area (Å²) in [7, 11) is 0. The van der Waals surface area contributed by atoms with Crippen LogP contribution in [0.1, 0.15) is 37.0 Å². The van der Waals surface area contributed by atoms with Crippen LogP contribution in [0, 0.1) is 11.3 Å². The quantitative estimate of drug-likeness (QED) is 0.825. The Labute approximate surface area is 112 Å². The van der Waals surface area contributed by atoms with E-state index in [1.54, 1.807) is 24.3 Å². The van der Waals surface area contributed by atoms with Gasteiger partial charge in [-0.15, -0.1) is 0 Å². The van der Waals surface area contributed by atoms with Crippen molar-refractivity contribution in [2.75, 3.05) is 5.32 Å². The third kappa shape index (κ3) is 4.80. The first kappa shape index (κ1) is 14.7. The Bertz CT molecular complexity index is 488. The molecule has 19 heavy (non-hydrogen) atoms. The van der Waals surface area contributed by atoms with Gasteiger partial charge in [0.15, 0.2) is 0 Å². The Balaban J connectivity index is 2.67. The number of carbonyl (C=O) groups excluding carboxylic acids is 2. The van der Waals surface area contributed by atoms with Crippen molar-refractivity contribution in [3.63, 3.8) is 0 Å². The topological polar surface area (TPSA) is 79.2 Å². The second-order valence-corrected chi connectivity index (χ2v) is 4.06. The summed E-state index contributed by atoms with van der Waals surface area (Å²) in [4.78, 5) is 22.7. The van der Waals surface area contributed by atoms with Crippen molar-refractivity contribution in [1.29, 1.82) is 5.26 Å². The van der Waals surface area contributed by atoms with Crippen LogP contribution in [0.2, 0.25) is 0 Å². The molecular weight excluding hydrogens is 244 g/mol. The molecule has 1 unspecified atom stereocenters. The first-order chi connectivity index (χ1) is 9.06. The lowest BCUT2D eigenvalue weighted by molar-refractivity contribution is -0.114. The van der Waals surface area contributed by atoms with Gasteiger partial charge < -0.3 is 10.1 Å². The van der Waals surface area contributed by atoms with E-state index in [1.165, 1.54) is 6.92 Å². The van der Waals surface area contributed by atoms with Crippen molar-refractivity contribution in [3.8, 4) is 6.07 Å². The lowest BCUT2D eigenvalue weighted by Crippen LogP contribution is -2.17. The van der Waals surface area contributed by atoms with Gasteiger partial charge in [0.2, 0.25) is 5.91 Å². The number of rotatable bonds is 5. The summed E-state index contributed by atoms with van der Waals surface area (Å²) in [5.74, 6) is -0.633. The lowest BCUT2D eigenvalue weighted by Gasteiger charge is -2.13. The minimum Gasteiger partial charge on any atom is -0.458 e. The molecular formula is C14H16N2O3. The van der Waals surface area contributed by atoms with Gasteiger partial charge in [-0.3, -0.25) is 4.79 Å². The highest BCUT2D eigenvalue weighted by atomic mass is 16.5.